The van der Waals surface area contributed by atoms with E-state index in [1.807, 2.05) is 10.8 Å². The maximum atomic E-state index is 13.6. The first-order chi connectivity index (χ1) is 26.0. The third kappa shape index (κ3) is 29.9. The number of nitrogens with zero attached hydrogens (tertiary/aromatic N) is 2. The van der Waals surface area contributed by atoms with Crippen LogP contribution < -0.4 is 5.32 Å². The molecule has 0 saturated carbocycles. The first-order valence-electron chi connectivity index (χ1n) is 22.2. The number of unbranched alkanes of at least 4 members (excludes halogenated alkanes) is 20. The Morgan fingerprint density at radius 3 is 1.72 bits per heavy atom. The highest BCUT2D eigenvalue weighted by Gasteiger charge is 2.30. The average Bonchev–Trinajstić information content (AvgIpc) is 3.68. The van der Waals surface area contributed by atoms with Crippen molar-refractivity contribution in [3.63, 3.8) is 0 Å². The molecular weight excluding hydrogens is 683 g/mol. The Kier molecular flexibility index (Phi) is 34.1. The van der Waals surface area contributed by atoms with E-state index in [1.54, 1.807) is 24.3 Å². The lowest BCUT2D eigenvalue weighted by Gasteiger charge is -2.22. The number of ether oxygens (including phenoxy) is 2. The van der Waals surface area contributed by atoms with Gasteiger partial charge in [-0.1, -0.05) is 149 Å². The third-order valence-corrected chi connectivity index (χ3v) is 11.1. The molecule has 0 fully saturated rings. The number of imidazole rings is 1. The highest BCUT2D eigenvalue weighted by molar-refractivity contribution is 7.99. The summed E-state index contributed by atoms with van der Waals surface area (Å²) in [6.45, 7) is 8.45. The summed E-state index contributed by atoms with van der Waals surface area (Å²) >= 11 is 1.60. The number of nitrogens with one attached hydrogen (secondary N) is 1. The minimum atomic E-state index is -0.847. The number of carbonyl (C=O) groups excluding carboxylic acids is 3. The fourth-order valence-electron chi connectivity index (χ4n) is 6.67. The SMILES string of the molecule is CCCCCCCCCCCCCOC(=O)CCSCCC(C(=O)NCCCn1ccnc1)C(=O)OC(CCCCCCCC)CCCCCCCC. The molecule has 1 N–H and O–H groups in total. The highest BCUT2D eigenvalue weighted by Crippen LogP contribution is 2.21. The molecule has 0 aliphatic heterocycles. The van der Waals surface area contributed by atoms with E-state index in [1.165, 1.54) is 109 Å². The van der Waals surface area contributed by atoms with Crippen molar-refractivity contribution in [2.24, 2.45) is 5.92 Å². The number of aryl methyl sites for hydroxylation is 1. The second kappa shape index (κ2) is 36.9. The van der Waals surface area contributed by atoms with Gasteiger partial charge in [0.15, 0.2) is 0 Å². The molecule has 8 nitrogen and oxygen atoms in total. The topological polar surface area (TPSA) is 99.5 Å². The Hall–Kier alpha value is -2.03. The Morgan fingerprint density at radius 2 is 1.19 bits per heavy atom. The molecule has 1 aromatic heterocycles. The maximum Gasteiger partial charge on any atom is 0.318 e. The van der Waals surface area contributed by atoms with E-state index in [4.69, 9.17) is 9.47 Å². The van der Waals surface area contributed by atoms with Crippen molar-refractivity contribution < 1.29 is 23.9 Å². The Balaban J connectivity index is 2.51. The van der Waals surface area contributed by atoms with Gasteiger partial charge in [-0.25, -0.2) is 4.98 Å². The molecule has 1 unspecified atom stereocenters. The standard InChI is InChI=1S/C44H81N3O5S/c1-4-7-10-13-16-17-18-19-20-23-26-36-51-42(48)31-38-53-37-30-41(43(49)46-32-27-34-47-35-33-45-39-47)44(50)52-40(28-24-21-14-11-8-5-2)29-25-22-15-12-9-6-3/h33,35,39-41H,4-32,34,36-38H2,1-3H3,(H,46,49). The van der Waals surface area contributed by atoms with Crippen molar-refractivity contribution in [3.8, 4) is 0 Å². The molecule has 0 saturated heterocycles. The number of hydrogen-bond acceptors (Lipinski definition) is 7. The van der Waals surface area contributed by atoms with Gasteiger partial charge < -0.3 is 19.4 Å². The summed E-state index contributed by atoms with van der Waals surface area (Å²) in [7, 11) is 0. The molecule has 1 aromatic rings. The van der Waals surface area contributed by atoms with Crippen LogP contribution in [0.2, 0.25) is 0 Å². The molecular formula is C44H81N3O5S. The van der Waals surface area contributed by atoms with Crippen molar-refractivity contribution in [2.75, 3.05) is 24.7 Å². The van der Waals surface area contributed by atoms with Crippen molar-refractivity contribution in [1.29, 1.82) is 0 Å². The third-order valence-electron chi connectivity index (χ3n) is 10.1. The molecule has 1 rings (SSSR count). The number of carbonyl (C=O) groups is 3. The van der Waals surface area contributed by atoms with Crippen molar-refractivity contribution in [1.82, 2.24) is 14.9 Å². The molecule has 0 spiro atoms. The predicted octanol–water partition coefficient (Wildman–Crippen LogP) is 11.8. The highest BCUT2D eigenvalue weighted by atomic mass is 32.2. The minimum absolute atomic E-state index is 0.140. The first-order valence-corrected chi connectivity index (χ1v) is 23.3. The lowest BCUT2D eigenvalue weighted by Crippen LogP contribution is -2.38. The van der Waals surface area contributed by atoms with Gasteiger partial charge in [0.2, 0.25) is 5.91 Å². The molecule has 9 heteroatoms. The van der Waals surface area contributed by atoms with Crippen LogP contribution in [0, 0.1) is 5.92 Å². The van der Waals surface area contributed by atoms with Crippen molar-refractivity contribution in [3.05, 3.63) is 18.7 Å². The smallest absolute Gasteiger partial charge is 0.318 e. The Labute approximate surface area is 329 Å². The Morgan fingerprint density at radius 1 is 0.660 bits per heavy atom. The number of amides is 1. The number of hydrogen-bond donors (Lipinski definition) is 1. The van der Waals surface area contributed by atoms with Gasteiger partial charge in [-0.15, -0.1) is 0 Å². The van der Waals surface area contributed by atoms with E-state index < -0.39 is 11.9 Å². The zero-order valence-electron chi connectivity index (χ0n) is 34.6. The summed E-state index contributed by atoms with van der Waals surface area (Å²) < 4.78 is 13.6. The molecule has 0 aromatic carbocycles. The van der Waals surface area contributed by atoms with E-state index in [0.29, 0.717) is 37.5 Å². The van der Waals surface area contributed by atoms with Crippen LogP contribution in [-0.4, -0.2) is 58.2 Å². The number of esters is 2. The molecule has 0 aliphatic rings. The van der Waals surface area contributed by atoms with Crippen LogP contribution in [0.3, 0.4) is 0 Å². The summed E-state index contributed by atoms with van der Waals surface area (Å²) in [5.41, 5.74) is 0. The van der Waals surface area contributed by atoms with Crippen molar-refractivity contribution in [2.45, 2.75) is 213 Å². The quantitative estimate of drug-likeness (QED) is 0.0405. The van der Waals surface area contributed by atoms with Crippen LogP contribution in [0.5, 0.6) is 0 Å². The zero-order chi connectivity index (χ0) is 38.5. The molecule has 0 aliphatic carbocycles. The van der Waals surface area contributed by atoms with Crippen LogP contribution in [0.1, 0.15) is 201 Å². The first kappa shape index (κ1) is 49.0. The van der Waals surface area contributed by atoms with E-state index in [9.17, 15) is 14.4 Å². The normalized spacial score (nSPS) is 11.9. The molecule has 53 heavy (non-hydrogen) atoms. The summed E-state index contributed by atoms with van der Waals surface area (Å²) in [6, 6.07) is 0. The largest absolute Gasteiger partial charge is 0.466 e. The lowest BCUT2D eigenvalue weighted by atomic mass is 10.0. The second-order valence-electron chi connectivity index (χ2n) is 15.1. The van der Waals surface area contributed by atoms with Gasteiger partial charge in [0.25, 0.3) is 0 Å². The minimum Gasteiger partial charge on any atom is -0.466 e. The van der Waals surface area contributed by atoms with E-state index in [2.05, 4.69) is 31.1 Å². The van der Waals surface area contributed by atoms with E-state index in [0.717, 1.165) is 64.3 Å². The van der Waals surface area contributed by atoms with Gasteiger partial charge in [0, 0.05) is 31.2 Å². The van der Waals surface area contributed by atoms with E-state index >= 15 is 0 Å². The van der Waals surface area contributed by atoms with Gasteiger partial charge >= 0.3 is 11.9 Å². The molecule has 0 bridgehead atoms. The fraction of sp³-hybridized carbons (Fsp3) is 0.864. The average molecular weight is 764 g/mol. The zero-order valence-corrected chi connectivity index (χ0v) is 35.4. The van der Waals surface area contributed by atoms with Crippen LogP contribution >= 0.6 is 11.8 Å². The van der Waals surface area contributed by atoms with Crippen LogP contribution in [0.25, 0.3) is 0 Å². The number of thioether (sulfide) groups is 1. The summed E-state index contributed by atoms with van der Waals surface area (Å²) in [5.74, 6) is -0.446. The van der Waals surface area contributed by atoms with Crippen LogP contribution in [0.15, 0.2) is 18.7 Å². The maximum absolute atomic E-state index is 13.6. The van der Waals surface area contributed by atoms with Crippen LogP contribution in [0.4, 0.5) is 0 Å². The monoisotopic (exact) mass is 764 g/mol. The summed E-state index contributed by atoms with van der Waals surface area (Å²) in [6.07, 6.45) is 36.8. The van der Waals surface area contributed by atoms with E-state index in [-0.39, 0.29) is 18.0 Å². The second-order valence-corrected chi connectivity index (χ2v) is 16.3. The molecule has 1 atom stereocenters. The van der Waals surface area contributed by atoms with Gasteiger partial charge in [0.1, 0.15) is 12.0 Å². The molecule has 1 heterocycles. The predicted molar refractivity (Wildman–Crippen MR) is 223 cm³/mol. The molecule has 0 radical (unpaired) electrons. The number of rotatable bonds is 39. The number of aromatic nitrogens is 2. The van der Waals surface area contributed by atoms with Gasteiger partial charge in [-0.05, 0) is 50.7 Å². The fourth-order valence-corrected chi connectivity index (χ4v) is 7.59. The van der Waals surface area contributed by atoms with Gasteiger partial charge in [0.05, 0.1) is 19.4 Å². The summed E-state index contributed by atoms with van der Waals surface area (Å²) in [4.78, 5) is 43.5. The lowest BCUT2D eigenvalue weighted by molar-refractivity contribution is -0.158. The molecule has 308 valence electrons. The summed E-state index contributed by atoms with van der Waals surface area (Å²) in [5, 5.41) is 3.00. The Bertz CT molecular complexity index is 960. The van der Waals surface area contributed by atoms with Gasteiger partial charge in [-0.3, -0.25) is 14.4 Å². The molecule has 1 amide bonds. The van der Waals surface area contributed by atoms with Crippen molar-refractivity contribution >= 4 is 29.6 Å². The van der Waals surface area contributed by atoms with Gasteiger partial charge in [-0.2, -0.15) is 11.8 Å². The van der Waals surface area contributed by atoms with Crippen LogP contribution in [-0.2, 0) is 30.4 Å².